The summed E-state index contributed by atoms with van der Waals surface area (Å²) < 4.78 is 0. The molecule has 1 aromatic heterocycles. The smallest absolute Gasteiger partial charge is 0.137 e. The number of nitrogens with one attached hydrogen (secondary N) is 1. The molecule has 0 spiro atoms. The van der Waals surface area contributed by atoms with Crippen LogP contribution in [0.4, 0.5) is 5.82 Å². The number of thioether (sulfide) groups is 1. The summed E-state index contributed by atoms with van der Waals surface area (Å²) in [6, 6.07) is 2.13. The van der Waals surface area contributed by atoms with Crippen molar-refractivity contribution in [2.75, 3.05) is 11.9 Å². The normalized spacial score (nSPS) is 17.0. The van der Waals surface area contributed by atoms with Gasteiger partial charge in [0.2, 0.25) is 0 Å². The Morgan fingerprint density at radius 3 is 2.52 bits per heavy atom. The first kappa shape index (κ1) is 16.6. The quantitative estimate of drug-likeness (QED) is 0.775. The maximum atomic E-state index is 4.82. The minimum absolute atomic E-state index is 0.00816. The van der Waals surface area contributed by atoms with Gasteiger partial charge in [-0.3, -0.25) is 0 Å². The third kappa shape index (κ3) is 5.17. The molecule has 4 heteroatoms. The summed E-state index contributed by atoms with van der Waals surface area (Å²) in [5.41, 5.74) is -0.00816. The molecule has 2 rings (SSSR count). The molecule has 0 amide bonds. The van der Waals surface area contributed by atoms with E-state index in [-0.39, 0.29) is 5.41 Å². The van der Waals surface area contributed by atoms with Crippen LogP contribution in [0, 0.1) is 0 Å². The Hall–Kier alpha value is -0.770. The van der Waals surface area contributed by atoms with Crippen molar-refractivity contribution in [3.05, 3.63) is 11.9 Å². The summed E-state index contributed by atoms with van der Waals surface area (Å²) in [6.07, 6.45) is 7.91. The van der Waals surface area contributed by atoms with Crippen molar-refractivity contribution in [1.82, 2.24) is 9.97 Å². The molecule has 0 saturated heterocycles. The first-order chi connectivity index (χ1) is 9.99. The average Bonchev–Trinajstić information content (AvgIpc) is 2.45. The lowest BCUT2D eigenvalue weighted by molar-refractivity contribution is 0.514. The van der Waals surface area contributed by atoms with Crippen LogP contribution >= 0.6 is 11.8 Å². The van der Waals surface area contributed by atoms with Crippen LogP contribution in [0.2, 0.25) is 0 Å². The largest absolute Gasteiger partial charge is 0.370 e. The van der Waals surface area contributed by atoms with Crippen molar-refractivity contribution in [3.8, 4) is 0 Å². The first-order valence-corrected chi connectivity index (χ1v) is 9.17. The Morgan fingerprint density at radius 1 is 1.19 bits per heavy atom. The number of aromatic nitrogens is 2. The highest BCUT2D eigenvalue weighted by molar-refractivity contribution is 7.99. The molecule has 3 nitrogen and oxygen atoms in total. The van der Waals surface area contributed by atoms with E-state index in [9.17, 15) is 0 Å². The molecule has 0 atom stereocenters. The second kappa shape index (κ2) is 7.48. The Bertz CT molecular complexity index is 448. The van der Waals surface area contributed by atoms with Crippen molar-refractivity contribution in [3.63, 3.8) is 0 Å². The molecule has 0 unspecified atom stereocenters. The Morgan fingerprint density at radius 2 is 1.90 bits per heavy atom. The lowest BCUT2D eigenvalue weighted by atomic mass is 9.96. The van der Waals surface area contributed by atoms with Crippen LogP contribution in [0.25, 0.3) is 0 Å². The summed E-state index contributed by atoms with van der Waals surface area (Å²) in [5, 5.41) is 5.30. The molecular formula is C17H29N3S. The van der Waals surface area contributed by atoms with Crippen molar-refractivity contribution in [2.45, 2.75) is 81.9 Å². The monoisotopic (exact) mass is 307 g/mol. The molecule has 1 aliphatic rings. The van der Waals surface area contributed by atoms with Crippen LogP contribution in [0.3, 0.4) is 0 Å². The lowest BCUT2D eigenvalue weighted by Crippen LogP contribution is -2.18. The molecule has 1 aromatic rings. The fraction of sp³-hybridized carbons (Fsp3) is 0.765. The predicted octanol–water partition coefficient (Wildman–Crippen LogP) is 5.02. The van der Waals surface area contributed by atoms with E-state index < -0.39 is 0 Å². The van der Waals surface area contributed by atoms with Crippen LogP contribution in [-0.4, -0.2) is 21.8 Å². The van der Waals surface area contributed by atoms with Crippen LogP contribution in [0.15, 0.2) is 11.1 Å². The third-order valence-electron chi connectivity index (χ3n) is 3.77. The second-order valence-electron chi connectivity index (χ2n) is 6.97. The van der Waals surface area contributed by atoms with Gasteiger partial charge in [-0.1, -0.05) is 47.0 Å². The highest BCUT2D eigenvalue weighted by Gasteiger charge is 2.21. The molecule has 1 saturated carbocycles. The minimum atomic E-state index is -0.00816. The van der Waals surface area contributed by atoms with Crippen LogP contribution in [0.1, 0.15) is 72.0 Å². The molecule has 1 heterocycles. The van der Waals surface area contributed by atoms with Gasteiger partial charge in [0.25, 0.3) is 0 Å². The van der Waals surface area contributed by atoms with E-state index in [2.05, 4.69) is 39.1 Å². The highest BCUT2D eigenvalue weighted by atomic mass is 32.2. The Balaban J connectivity index is 2.17. The standard InChI is InChI=1S/C17H29N3S/c1-5-11-18-14-12-15(20-16(19-14)17(2,3)4)21-13-9-7-6-8-10-13/h12-13H,5-11H2,1-4H3,(H,18,19,20). The molecule has 21 heavy (non-hydrogen) atoms. The third-order valence-corrected chi connectivity index (χ3v) is 5.02. The van der Waals surface area contributed by atoms with Gasteiger partial charge in [0.15, 0.2) is 0 Å². The zero-order valence-electron chi connectivity index (χ0n) is 13.9. The fourth-order valence-corrected chi connectivity index (χ4v) is 3.75. The van der Waals surface area contributed by atoms with Gasteiger partial charge in [-0.05, 0) is 19.3 Å². The van der Waals surface area contributed by atoms with E-state index in [1.54, 1.807) is 0 Å². The highest BCUT2D eigenvalue weighted by Crippen LogP contribution is 2.34. The first-order valence-electron chi connectivity index (χ1n) is 8.29. The van der Waals surface area contributed by atoms with E-state index >= 15 is 0 Å². The zero-order chi connectivity index (χ0) is 15.3. The predicted molar refractivity (Wildman–Crippen MR) is 92.2 cm³/mol. The van der Waals surface area contributed by atoms with Crippen LogP contribution in [0.5, 0.6) is 0 Å². The Kier molecular flexibility index (Phi) is 5.91. The lowest BCUT2D eigenvalue weighted by Gasteiger charge is -2.23. The molecule has 0 radical (unpaired) electrons. The zero-order valence-corrected chi connectivity index (χ0v) is 14.7. The molecule has 0 aromatic carbocycles. The number of rotatable bonds is 5. The molecule has 1 N–H and O–H groups in total. The van der Waals surface area contributed by atoms with Crippen molar-refractivity contribution in [1.29, 1.82) is 0 Å². The summed E-state index contributed by atoms with van der Waals surface area (Å²) >= 11 is 1.95. The van der Waals surface area contributed by atoms with Gasteiger partial charge < -0.3 is 5.32 Å². The van der Waals surface area contributed by atoms with Crippen molar-refractivity contribution < 1.29 is 0 Å². The molecule has 1 fully saturated rings. The molecule has 1 aliphatic carbocycles. The maximum absolute atomic E-state index is 4.82. The van der Waals surface area contributed by atoms with E-state index in [1.165, 1.54) is 32.1 Å². The average molecular weight is 308 g/mol. The fourth-order valence-electron chi connectivity index (χ4n) is 2.52. The van der Waals surface area contributed by atoms with E-state index in [0.29, 0.717) is 0 Å². The Labute approximate surface area is 133 Å². The second-order valence-corrected chi connectivity index (χ2v) is 8.29. The summed E-state index contributed by atoms with van der Waals surface area (Å²) in [7, 11) is 0. The van der Waals surface area contributed by atoms with Gasteiger partial charge in [-0.2, -0.15) is 0 Å². The molecule has 118 valence electrons. The van der Waals surface area contributed by atoms with Gasteiger partial charge in [-0.25, -0.2) is 9.97 Å². The number of hydrogen-bond acceptors (Lipinski definition) is 4. The number of hydrogen-bond donors (Lipinski definition) is 1. The van der Waals surface area contributed by atoms with Gasteiger partial charge in [0.1, 0.15) is 16.7 Å². The SMILES string of the molecule is CCCNc1cc(SC2CCCCC2)nc(C(C)(C)C)n1. The van der Waals surface area contributed by atoms with Crippen LogP contribution in [-0.2, 0) is 5.41 Å². The van der Waals surface area contributed by atoms with E-state index in [1.807, 2.05) is 11.8 Å². The van der Waals surface area contributed by atoms with E-state index in [4.69, 9.17) is 9.97 Å². The summed E-state index contributed by atoms with van der Waals surface area (Å²) in [4.78, 5) is 9.52. The molecular weight excluding hydrogens is 278 g/mol. The topological polar surface area (TPSA) is 37.8 Å². The maximum Gasteiger partial charge on any atom is 0.137 e. The van der Waals surface area contributed by atoms with Crippen LogP contribution < -0.4 is 5.32 Å². The van der Waals surface area contributed by atoms with Gasteiger partial charge in [-0.15, -0.1) is 11.8 Å². The number of anilines is 1. The van der Waals surface area contributed by atoms with Crippen molar-refractivity contribution in [2.24, 2.45) is 0 Å². The molecule has 0 bridgehead atoms. The molecule has 0 aliphatic heterocycles. The summed E-state index contributed by atoms with van der Waals surface area (Å²) in [6.45, 7) is 9.69. The summed E-state index contributed by atoms with van der Waals surface area (Å²) in [5.74, 6) is 1.93. The van der Waals surface area contributed by atoms with Gasteiger partial charge >= 0.3 is 0 Å². The van der Waals surface area contributed by atoms with Crippen molar-refractivity contribution >= 4 is 17.6 Å². The van der Waals surface area contributed by atoms with Gasteiger partial charge in [0, 0.05) is 23.3 Å². The van der Waals surface area contributed by atoms with Gasteiger partial charge in [0.05, 0.1) is 0 Å². The number of nitrogens with zero attached hydrogens (tertiary/aromatic N) is 2. The minimum Gasteiger partial charge on any atom is -0.370 e. The van der Waals surface area contributed by atoms with E-state index in [0.717, 1.165) is 34.9 Å².